The van der Waals surface area contributed by atoms with Crippen LogP contribution in [-0.4, -0.2) is 17.8 Å². The Balaban J connectivity index is 1.64. The lowest BCUT2D eigenvalue weighted by molar-refractivity contribution is 0.0786. The van der Waals surface area contributed by atoms with Crippen LogP contribution in [-0.2, 0) is 0 Å². The Morgan fingerprint density at radius 3 is 2.14 bits per heavy atom. The van der Waals surface area contributed by atoms with Crippen LogP contribution in [0.1, 0.15) is 34.1 Å². The van der Waals surface area contributed by atoms with Gasteiger partial charge in [-0.1, -0.05) is 48.9 Å². The molecule has 0 aliphatic rings. The van der Waals surface area contributed by atoms with Gasteiger partial charge in [-0.15, -0.1) is 0 Å². The highest BCUT2D eigenvalue weighted by atomic mass is 35.5. The summed E-state index contributed by atoms with van der Waals surface area (Å²) in [4.78, 5) is 24.8. The monoisotopic (exact) mass is 393 g/mol. The van der Waals surface area contributed by atoms with Crippen LogP contribution >= 0.6 is 11.6 Å². The SMILES string of the molecule is CC[C@H](Oc1ccc(NC(=O)c2ccc(Cl)cc2)cc1)C(=O)c1ccccc1. The molecule has 0 aliphatic heterocycles. The first-order valence-electron chi connectivity index (χ1n) is 8.99. The molecule has 0 saturated carbocycles. The Kier molecular flexibility index (Phi) is 6.45. The minimum atomic E-state index is -0.558. The maximum atomic E-state index is 12.6. The Hall–Kier alpha value is -3.11. The van der Waals surface area contributed by atoms with Gasteiger partial charge in [0.2, 0.25) is 5.78 Å². The van der Waals surface area contributed by atoms with Crippen LogP contribution in [0.25, 0.3) is 0 Å². The maximum Gasteiger partial charge on any atom is 0.255 e. The first kappa shape index (κ1) is 19.6. The second-order valence-corrected chi connectivity index (χ2v) is 6.67. The molecule has 0 aliphatic carbocycles. The number of rotatable bonds is 7. The van der Waals surface area contributed by atoms with Crippen LogP contribution in [0.15, 0.2) is 78.9 Å². The number of anilines is 1. The van der Waals surface area contributed by atoms with Crippen molar-refractivity contribution in [1.82, 2.24) is 0 Å². The van der Waals surface area contributed by atoms with Gasteiger partial charge in [-0.3, -0.25) is 9.59 Å². The van der Waals surface area contributed by atoms with E-state index in [0.29, 0.717) is 34.0 Å². The van der Waals surface area contributed by atoms with E-state index in [1.807, 2.05) is 25.1 Å². The van der Waals surface area contributed by atoms with Crippen LogP contribution in [0.5, 0.6) is 5.75 Å². The smallest absolute Gasteiger partial charge is 0.255 e. The molecule has 5 heteroatoms. The standard InChI is InChI=1S/C23H20ClNO3/c1-2-21(22(26)16-6-4-3-5-7-16)28-20-14-12-19(13-15-20)25-23(27)17-8-10-18(24)11-9-17/h3-15,21H,2H2,1H3,(H,25,27)/t21-/m0/s1. The predicted octanol–water partition coefficient (Wildman–Crippen LogP) is 5.63. The molecule has 0 saturated heterocycles. The summed E-state index contributed by atoms with van der Waals surface area (Å²) in [5, 5.41) is 3.39. The number of benzene rings is 3. The molecule has 3 aromatic rings. The first-order chi connectivity index (χ1) is 13.6. The number of ether oxygens (including phenoxy) is 1. The molecule has 1 atom stereocenters. The molecule has 4 nitrogen and oxygen atoms in total. The zero-order chi connectivity index (χ0) is 19.9. The van der Waals surface area contributed by atoms with E-state index < -0.39 is 6.10 Å². The molecule has 0 aromatic heterocycles. The van der Waals surface area contributed by atoms with Gasteiger partial charge in [0.05, 0.1) is 0 Å². The van der Waals surface area contributed by atoms with Crippen molar-refractivity contribution in [3.63, 3.8) is 0 Å². The summed E-state index contributed by atoms with van der Waals surface area (Å²) >= 11 is 5.84. The minimum Gasteiger partial charge on any atom is -0.482 e. The van der Waals surface area contributed by atoms with Crippen molar-refractivity contribution in [3.8, 4) is 5.75 Å². The van der Waals surface area contributed by atoms with E-state index in [4.69, 9.17) is 16.3 Å². The van der Waals surface area contributed by atoms with Gasteiger partial charge in [0.1, 0.15) is 5.75 Å². The third-order valence-electron chi connectivity index (χ3n) is 4.22. The summed E-state index contributed by atoms with van der Waals surface area (Å²) in [6.07, 6.45) is -0.000103. The third-order valence-corrected chi connectivity index (χ3v) is 4.47. The maximum absolute atomic E-state index is 12.6. The molecule has 0 fully saturated rings. The summed E-state index contributed by atoms with van der Waals surface area (Å²) in [5.74, 6) is 0.292. The molecular weight excluding hydrogens is 374 g/mol. The second kappa shape index (κ2) is 9.20. The zero-order valence-electron chi connectivity index (χ0n) is 15.4. The lowest BCUT2D eigenvalue weighted by Crippen LogP contribution is -2.26. The van der Waals surface area contributed by atoms with E-state index in [0.717, 1.165) is 0 Å². The lowest BCUT2D eigenvalue weighted by Gasteiger charge is -2.17. The summed E-state index contributed by atoms with van der Waals surface area (Å²) in [7, 11) is 0. The highest BCUT2D eigenvalue weighted by Crippen LogP contribution is 2.20. The van der Waals surface area contributed by atoms with Crippen molar-refractivity contribution in [1.29, 1.82) is 0 Å². The molecule has 0 spiro atoms. The van der Waals surface area contributed by atoms with Gasteiger partial charge in [-0.05, 0) is 55.0 Å². The topological polar surface area (TPSA) is 55.4 Å². The normalized spacial score (nSPS) is 11.5. The molecule has 3 rings (SSSR count). The van der Waals surface area contributed by atoms with E-state index in [2.05, 4.69) is 5.32 Å². The average molecular weight is 394 g/mol. The number of carbonyl (C=O) groups excluding carboxylic acids is 2. The van der Waals surface area contributed by atoms with Crippen molar-refractivity contribution < 1.29 is 14.3 Å². The van der Waals surface area contributed by atoms with Crippen molar-refractivity contribution >= 4 is 29.0 Å². The van der Waals surface area contributed by atoms with Crippen LogP contribution in [0.4, 0.5) is 5.69 Å². The summed E-state index contributed by atoms with van der Waals surface area (Å²) < 4.78 is 5.86. The average Bonchev–Trinajstić information content (AvgIpc) is 2.73. The van der Waals surface area contributed by atoms with E-state index in [-0.39, 0.29) is 11.7 Å². The van der Waals surface area contributed by atoms with Crippen LogP contribution in [0.2, 0.25) is 5.02 Å². The van der Waals surface area contributed by atoms with Crippen molar-refractivity contribution in [2.45, 2.75) is 19.4 Å². The Bertz CT molecular complexity index is 938. The van der Waals surface area contributed by atoms with Crippen molar-refractivity contribution in [2.75, 3.05) is 5.32 Å². The van der Waals surface area contributed by atoms with E-state index in [9.17, 15) is 9.59 Å². The van der Waals surface area contributed by atoms with Gasteiger partial charge in [-0.2, -0.15) is 0 Å². The second-order valence-electron chi connectivity index (χ2n) is 6.23. The number of Topliss-reactive ketones (excluding diaryl/α,β-unsaturated/α-hetero) is 1. The highest BCUT2D eigenvalue weighted by molar-refractivity contribution is 6.30. The molecule has 0 radical (unpaired) electrons. The van der Waals surface area contributed by atoms with Gasteiger partial charge >= 0.3 is 0 Å². The number of hydrogen-bond acceptors (Lipinski definition) is 3. The zero-order valence-corrected chi connectivity index (χ0v) is 16.1. The Labute approximate surface area is 169 Å². The number of nitrogens with one attached hydrogen (secondary N) is 1. The van der Waals surface area contributed by atoms with Gasteiger partial charge in [0.15, 0.2) is 6.10 Å². The van der Waals surface area contributed by atoms with Crippen molar-refractivity contribution in [2.24, 2.45) is 0 Å². The molecule has 28 heavy (non-hydrogen) atoms. The summed E-state index contributed by atoms with van der Waals surface area (Å²) in [5.41, 5.74) is 1.78. The Morgan fingerprint density at radius 2 is 1.54 bits per heavy atom. The van der Waals surface area contributed by atoms with E-state index >= 15 is 0 Å². The molecular formula is C23H20ClNO3. The fourth-order valence-electron chi connectivity index (χ4n) is 2.70. The number of halogens is 1. The molecule has 0 unspecified atom stereocenters. The quantitative estimate of drug-likeness (QED) is 0.529. The lowest BCUT2D eigenvalue weighted by atomic mass is 10.0. The first-order valence-corrected chi connectivity index (χ1v) is 9.37. The third kappa shape index (κ3) is 4.99. The highest BCUT2D eigenvalue weighted by Gasteiger charge is 2.20. The van der Waals surface area contributed by atoms with Crippen LogP contribution < -0.4 is 10.1 Å². The fraction of sp³-hybridized carbons (Fsp3) is 0.130. The van der Waals surface area contributed by atoms with Gasteiger partial charge in [0.25, 0.3) is 5.91 Å². The van der Waals surface area contributed by atoms with Gasteiger partial charge in [0, 0.05) is 21.8 Å². The fourth-order valence-corrected chi connectivity index (χ4v) is 2.82. The summed E-state index contributed by atoms with van der Waals surface area (Å²) in [6, 6.07) is 22.7. The number of carbonyl (C=O) groups is 2. The number of hydrogen-bond donors (Lipinski definition) is 1. The predicted molar refractivity (Wildman–Crippen MR) is 111 cm³/mol. The van der Waals surface area contributed by atoms with Gasteiger partial charge in [-0.25, -0.2) is 0 Å². The number of amides is 1. The van der Waals surface area contributed by atoms with E-state index in [1.54, 1.807) is 60.7 Å². The largest absolute Gasteiger partial charge is 0.482 e. The van der Waals surface area contributed by atoms with Gasteiger partial charge < -0.3 is 10.1 Å². The van der Waals surface area contributed by atoms with Crippen LogP contribution in [0, 0.1) is 0 Å². The number of ketones is 1. The summed E-state index contributed by atoms with van der Waals surface area (Å²) in [6.45, 7) is 1.91. The van der Waals surface area contributed by atoms with Crippen molar-refractivity contribution in [3.05, 3.63) is 95.0 Å². The minimum absolute atomic E-state index is 0.0526. The molecule has 0 bridgehead atoms. The molecule has 142 valence electrons. The van der Waals surface area contributed by atoms with Crippen LogP contribution in [0.3, 0.4) is 0 Å². The molecule has 1 amide bonds. The molecule has 0 heterocycles. The molecule has 1 N–H and O–H groups in total. The van der Waals surface area contributed by atoms with E-state index in [1.165, 1.54) is 0 Å². The molecule has 3 aromatic carbocycles. The Morgan fingerprint density at radius 1 is 0.893 bits per heavy atom.